The number of nitrogen functional groups attached to an aromatic ring is 1. The molecule has 10 heavy (non-hydrogen) atoms. The molecule has 4 N–H and O–H groups in total. The van der Waals surface area contributed by atoms with Crippen LogP contribution in [0.3, 0.4) is 0 Å². The molecular weight excluding hydrogens is 128 g/mol. The molecule has 0 aliphatic carbocycles. The lowest BCUT2D eigenvalue weighted by Crippen LogP contribution is -2.12. The van der Waals surface area contributed by atoms with E-state index in [2.05, 4.69) is 6.07 Å². The second kappa shape index (κ2) is 2.39. The highest BCUT2D eigenvalue weighted by atomic mass is 16.1. The van der Waals surface area contributed by atoms with E-state index in [9.17, 15) is 4.79 Å². The van der Waals surface area contributed by atoms with Gasteiger partial charge in [-0.3, -0.25) is 4.79 Å². The van der Waals surface area contributed by atoms with Gasteiger partial charge in [-0.25, -0.2) is 0 Å². The number of rotatable bonds is 1. The average molecular weight is 135 g/mol. The number of carbonyl (C=O) groups is 1. The Morgan fingerprint density at radius 3 is 2.70 bits per heavy atom. The van der Waals surface area contributed by atoms with E-state index in [1.165, 1.54) is 6.07 Å². The molecule has 1 aromatic carbocycles. The normalized spacial score (nSPS) is 9.20. The second-order valence-electron chi connectivity index (χ2n) is 1.88. The van der Waals surface area contributed by atoms with Gasteiger partial charge in [0, 0.05) is 5.69 Å². The fourth-order valence-electron chi connectivity index (χ4n) is 0.656. The van der Waals surface area contributed by atoms with Gasteiger partial charge in [0.1, 0.15) is 0 Å². The summed E-state index contributed by atoms with van der Waals surface area (Å²) in [6.07, 6.45) is 0. The average Bonchev–Trinajstić information content (AvgIpc) is 1.88. The zero-order chi connectivity index (χ0) is 7.56. The van der Waals surface area contributed by atoms with E-state index in [-0.39, 0.29) is 0 Å². The molecule has 3 heteroatoms. The Labute approximate surface area is 58.6 Å². The Morgan fingerprint density at radius 2 is 2.30 bits per heavy atom. The lowest BCUT2D eigenvalue weighted by molar-refractivity contribution is 0.100. The van der Waals surface area contributed by atoms with Crippen LogP contribution in [0.5, 0.6) is 0 Å². The molecule has 0 atom stereocenters. The topological polar surface area (TPSA) is 69.1 Å². The van der Waals surface area contributed by atoms with E-state index in [1.807, 2.05) is 0 Å². The van der Waals surface area contributed by atoms with Crippen molar-refractivity contribution in [3.63, 3.8) is 0 Å². The van der Waals surface area contributed by atoms with Crippen LogP contribution in [0.4, 0.5) is 5.69 Å². The molecule has 0 aliphatic rings. The monoisotopic (exact) mass is 135 g/mol. The molecule has 3 nitrogen and oxygen atoms in total. The number of anilines is 1. The first-order valence-electron chi connectivity index (χ1n) is 2.77. The summed E-state index contributed by atoms with van der Waals surface area (Å²) < 4.78 is 0. The van der Waals surface area contributed by atoms with Gasteiger partial charge >= 0.3 is 0 Å². The highest BCUT2D eigenvalue weighted by molar-refractivity contribution is 5.97. The fourth-order valence-corrected chi connectivity index (χ4v) is 0.656. The van der Waals surface area contributed by atoms with Crippen molar-refractivity contribution in [3.05, 3.63) is 29.8 Å². The first-order chi connectivity index (χ1) is 4.72. The third-order valence-electron chi connectivity index (χ3n) is 1.16. The molecule has 0 spiro atoms. The maximum Gasteiger partial charge on any atom is 0.250 e. The summed E-state index contributed by atoms with van der Waals surface area (Å²) in [5.41, 5.74) is 11.1. The molecule has 1 radical (unpaired) electrons. The molecule has 0 unspecified atom stereocenters. The van der Waals surface area contributed by atoms with E-state index in [0.29, 0.717) is 11.3 Å². The van der Waals surface area contributed by atoms with Crippen LogP contribution in [0, 0.1) is 6.07 Å². The van der Waals surface area contributed by atoms with Crippen LogP contribution in [0.25, 0.3) is 0 Å². The molecule has 0 saturated heterocycles. The number of hydrogen-bond donors (Lipinski definition) is 2. The predicted molar refractivity (Wildman–Crippen MR) is 38.2 cm³/mol. The van der Waals surface area contributed by atoms with Crippen LogP contribution in [0.1, 0.15) is 10.4 Å². The van der Waals surface area contributed by atoms with E-state index in [0.717, 1.165) is 0 Å². The molecular formula is C7H7N2O. The summed E-state index contributed by atoms with van der Waals surface area (Å²) in [6, 6.07) is 7.38. The van der Waals surface area contributed by atoms with Gasteiger partial charge in [0.2, 0.25) is 0 Å². The third-order valence-corrected chi connectivity index (χ3v) is 1.16. The number of benzene rings is 1. The van der Waals surface area contributed by atoms with Gasteiger partial charge in [-0.15, -0.1) is 0 Å². The van der Waals surface area contributed by atoms with Gasteiger partial charge in [-0.1, -0.05) is 6.07 Å². The van der Waals surface area contributed by atoms with Gasteiger partial charge < -0.3 is 11.5 Å². The lowest BCUT2D eigenvalue weighted by Gasteiger charge is -1.97. The second-order valence-corrected chi connectivity index (χ2v) is 1.88. The number of primary amides is 1. The van der Waals surface area contributed by atoms with Crippen LogP contribution in [-0.4, -0.2) is 5.91 Å². The zero-order valence-corrected chi connectivity index (χ0v) is 5.29. The van der Waals surface area contributed by atoms with E-state index >= 15 is 0 Å². The quantitative estimate of drug-likeness (QED) is 0.539. The first-order valence-corrected chi connectivity index (χ1v) is 2.77. The SMILES string of the molecule is NC(=O)c1c[c]ccc1N. The van der Waals surface area contributed by atoms with Gasteiger partial charge in [0.05, 0.1) is 5.56 Å². The Hall–Kier alpha value is -1.51. The minimum Gasteiger partial charge on any atom is -0.398 e. The van der Waals surface area contributed by atoms with E-state index < -0.39 is 5.91 Å². The Bertz CT molecular complexity index is 258. The molecule has 1 aromatic rings. The Kier molecular flexibility index (Phi) is 1.58. The van der Waals surface area contributed by atoms with Crippen LogP contribution in [-0.2, 0) is 0 Å². The number of nitrogens with two attached hydrogens (primary N) is 2. The third kappa shape index (κ3) is 1.07. The van der Waals surface area contributed by atoms with Crippen molar-refractivity contribution in [1.82, 2.24) is 0 Å². The first kappa shape index (κ1) is 6.61. The van der Waals surface area contributed by atoms with Crippen molar-refractivity contribution in [2.45, 2.75) is 0 Å². The summed E-state index contributed by atoms with van der Waals surface area (Å²) in [5.74, 6) is -0.519. The summed E-state index contributed by atoms with van der Waals surface area (Å²) in [7, 11) is 0. The molecule has 0 heterocycles. The zero-order valence-electron chi connectivity index (χ0n) is 5.29. The largest absolute Gasteiger partial charge is 0.398 e. The van der Waals surface area contributed by atoms with Gasteiger partial charge in [0.15, 0.2) is 0 Å². The Balaban J connectivity index is 3.15. The molecule has 0 saturated carbocycles. The number of amides is 1. The van der Waals surface area contributed by atoms with Crippen molar-refractivity contribution < 1.29 is 4.79 Å². The van der Waals surface area contributed by atoms with Crippen LogP contribution >= 0.6 is 0 Å². The summed E-state index contributed by atoms with van der Waals surface area (Å²) in [5, 5.41) is 0. The molecule has 1 amide bonds. The number of carbonyl (C=O) groups excluding carboxylic acids is 1. The predicted octanol–water partition coefficient (Wildman–Crippen LogP) is 0.168. The van der Waals surface area contributed by atoms with Crippen molar-refractivity contribution >= 4 is 11.6 Å². The molecule has 0 bridgehead atoms. The Morgan fingerprint density at radius 1 is 1.60 bits per heavy atom. The number of hydrogen-bond acceptors (Lipinski definition) is 2. The van der Waals surface area contributed by atoms with Gasteiger partial charge in [-0.2, -0.15) is 0 Å². The minimum atomic E-state index is -0.519. The van der Waals surface area contributed by atoms with Gasteiger partial charge in [0.25, 0.3) is 5.91 Å². The van der Waals surface area contributed by atoms with Crippen LogP contribution in [0.2, 0.25) is 0 Å². The van der Waals surface area contributed by atoms with Crippen LogP contribution < -0.4 is 11.5 Å². The summed E-state index contributed by atoms with van der Waals surface area (Å²) in [4.78, 5) is 10.5. The van der Waals surface area contributed by atoms with Gasteiger partial charge in [-0.05, 0) is 18.2 Å². The summed E-state index contributed by atoms with van der Waals surface area (Å²) in [6.45, 7) is 0. The van der Waals surface area contributed by atoms with Crippen molar-refractivity contribution in [2.24, 2.45) is 5.73 Å². The molecule has 0 aromatic heterocycles. The fraction of sp³-hybridized carbons (Fsp3) is 0. The van der Waals surface area contributed by atoms with E-state index in [1.54, 1.807) is 12.1 Å². The molecule has 51 valence electrons. The smallest absolute Gasteiger partial charge is 0.250 e. The van der Waals surface area contributed by atoms with Crippen LogP contribution in [0.15, 0.2) is 18.2 Å². The molecule has 0 fully saturated rings. The summed E-state index contributed by atoms with van der Waals surface area (Å²) >= 11 is 0. The lowest BCUT2D eigenvalue weighted by atomic mass is 10.2. The van der Waals surface area contributed by atoms with Crippen molar-refractivity contribution in [1.29, 1.82) is 0 Å². The highest BCUT2D eigenvalue weighted by Crippen LogP contribution is 2.07. The standard InChI is InChI=1S/C7H7N2O/c8-6-4-2-1-3-5(6)7(9)10/h2-4H,8H2,(H2,9,10). The van der Waals surface area contributed by atoms with Crippen molar-refractivity contribution in [2.75, 3.05) is 5.73 Å². The maximum atomic E-state index is 10.5. The maximum absolute atomic E-state index is 10.5. The van der Waals surface area contributed by atoms with E-state index in [4.69, 9.17) is 11.5 Å². The minimum absolute atomic E-state index is 0.322. The molecule has 1 rings (SSSR count). The highest BCUT2D eigenvalue weighted by Gasteiger charge is 2.01. The van der Waals surface area contributed by atoms with Crippen molar-refractivity contribution in [3.8, 4) is 0 Å². The molecule has 0 aliphatic heterocycles.